The molecule has 1 aromatic rings. The van der Waals surface area contributed by atoms with Gasteiger partial charge in [0.1, 0.15) is 0 Å². The highest BCUT2D eigenvalue weighted by atomic mass is 35.5. The minimum absolute atomic E-state index is 0.0258. The van der Waals surface area contributed by atoms with E-state index in [1.165, 1.54) is 0 Å². The van der Waals surface area contributed by atoms with Gasteiger partial charge >= 0.3 is 0 Å². The number of aliphatic hydroxyl groups excluding tert-OH is 1. The average molecular weight is 306 g/mol. The second-order valence-electron chi connectivity index (χ2n) is 4.72. The zero-order valence-electron chi connectivity index (χ0n) is 11.5. The van der Waals surface area contributed by atoms with Gasteiger partial charge in [-0.25, -0.2) is 0 Å². The fraction of sp³-hybridized carbons (Fsp3) is 0.571. The van der Waals surface area contributed by atoms with Crippen LogP contribution in [0, 0.1) is 0 Å². The summed E-state index contributed by atoms with van der Waals surface area (Å²) in [4.78, 5) is 0. The van der Waals surface area contributed by atoms with Gasteiger partial charge in [0, 0.05) is 12.6 Å². The van der Waals surface area contributed by atoms with Crippen molar-refractivity contribution in [2.24, 2.45) is 0 Å². The van der Waals surface area contributed by atoms with Crippen LogP contribution in [0.1, 0.15) is 32.8 Å². The van der Waals surface area contributed by atoms with Crippen LogP contribution in [0.2, 0.25) is 10.0 Å². The maximum absolute atomic E-state index is 9.12. The summed E-state index contributed by atoms with van der Waals surface area (Å²) in [6, 6.07) is 3.76. The Morgan fingerprint density at radius 1 is 1.26 bits per heavy atom. The predicted molar refractivity (Wildman–Crippen MR) is 80.2 cm³/mol. The van der Waals surface area contributed by atoms with E-state index in [0.29, 0.717) is 22.3 Å². The van der Waals surface area contributed by atoms with Gasteiger partial charge in [-0.2, -0.15) is 0 Å². The molecule has 0 spiro atoms. The van der Waals surface area contributed by atoms with Crippen LogP contribution in [-0.4, -0.2) is 23.9 Å². The molecule has 0 aliphatic rings. The minimum Gasteiger partial charge on any atom is -0.488 e. The number of nitrogens with one attached hydrogen (secondary N) is 1. The Morgan fingerprint density at radius 3 is 2.26 bits per heavy atom. The third kappa shape index (κ3) is 5.19. The van der Waals surface area contributed by atoms with Crippen molar-refractivity contribution in [2.45, 2.75) is 45.9 Å². The molecule has 1 aromatic carbocycles. The van der Waals surface area contributed by atoms with Gasteiger partial charge in [0.25, 0.3) is 0 Å². The van der Waals surface area contributed by atoms with E-state index < -0.39 is 0 Å². The van der Waals surface area contributed by atoms with Crippen LogP contribution in [-0.2, 0) is 6.54 Å². The van der Waals surface area contributed by atoms with E-state index >= 15 is 0 Å². The van der Waals surface area contributed by atoms with E-state index in [1.54, 1.807) is 0 Å². The molecule has 0 fully saturated rings. The van der Waals surface area contributed by atoms with Crippen LogP contribution < -0.4 is 10.1 Å². The predicted octanol–water partition coefficient (Wildman–Crippen LogP) is 3.64. The topological polar surface area (TPSA) is 41.5 Å². The molecular weight excluding hydrogens is 285 g/mol. The lowest BCUT2D eigenvalue weighted by Gasteiger charge is -2.16. The molecular formula is C14H21Cl2NO2. The highest BCUT2D eigenvalue weighted by Gasteiger charge is 2.12. The summed E-state index contributed by atoms with van der Waals surface area (Å²) in [6.07, 6.45) is 0.893. The monoisotopic (exact) mass is 305 g/mol. The molecule has 0 saturated heterocycles. The number of ether oxygens (including phenoxy) is 1. The molecule has 1 unspecified atom stereocenters. The highest BCUT2D eigenvalue weighted by Crippen LogP contribution is 2.34. The number of hydrogen-bond donors (Lipinski definition) is 2. The van der Waals surface area contributed by atoms with Crippen molar-refractivity contribution >= 4 is 23.2 Å². The summed E-state index contributed by atoms with van der Waals surface area (Å²) in [5, 5.41) is 13.4. The molecule has 2 N–H and O–H groups in total. The largest absolute Gasteiger partial charge is 0.488 e. The summed E-state index contributed by atoms with van der Waals surface area (Å²) >= 11 is 12.4. The van der Waals surface area contributed by atoms with Crippen LogP contribution in [0.5, 0.6) is 5.75 Å². The zero-order valence-corrected chi connectivity index (χ0v) is 13.1. The van der Waals surface area contributed by atoms with Gasteiger partial charge in [0.05, 0.1) is 22.8 Å². The summed E-state index contributed by atoms with van der Waals surface area (Å²) in [6.45, 7) is 6.60. The van der Waals surface area contributed by atoms with Gasteiger partial charge in [0.2, 0.25) is 0 Å². The smallest absolute Gasteiger partial charge is 0.156 e. The molecule has 0 radical (unpaired) electrons. The van der Waals surface area contributed by atoms with Crippen molar-refractivity contribution in [2.75, 3.05) is 6.61 Å². The molecule has 1 atom stereocenters. The van der Waals surface area contributed by atoms with Crippen molar-refractivity contribution in [1.82, 2.24) is 5.32 Å². The van der Waals surface area contributed by atoms with Crippen molar-refractivity contribution in [3.05, 3.63) is 27.7 Å². The number of hydrogen-bond acceptors (Lipinski definition) is 3. The Morgan fingerprint density at radius 2 is 1.84 bits per heavy atom. The Balaban J connectivity index is 2.77. The molecule has 5 heteroatoms. The molecule has 108 valence electrons. The first-order valence-corrected chi connectivity index (χ1v) is 7.22. The van der Waals surface area contributed by atoms with Gasteiger partial charge < -0.3 is 15.2 Å². The van der Waals surface area contributed by atoms with Crippen LogP contribution in [0.25, 0.3) is 0 Å². The quantitative estimate of drug-likeness (QED) is 0.808. The van der Waals surface area contributed by atoms with Crippen molar-refractivity contribution in [3.63, 3.8) is 0 Å². The van der Waals surface area contributed by atoms with Crippen LogP contribution in [0.3, 0.4) is 0 Å². The van der Waals surface area contributed by atoms with E-state index in [0.717, 1.165) is 12.0 Å². The first kappa shape index (κ1) is 16.6. The molecule has 0 aliphatic heterocycles. The maximum Gasteiger partial charge on any atom is 0.156 e. The van der Waals surface area contributed by atoms with Gasteiger partial charge in [-0.15, -0.1) is 0 Å². The standard InChI is InChI=1S/C14H21Cl2NO2/c1-4-11(8-18)17-7-10-5-12(15)14(13(16)6-10)19-9(2)3/h5-6,9,11,17-18H,4,7-8H2,1-3H3. The number of benzene rings is 1. The average Bonchev–Trinajstić information content (AvgIpc) is 2.35. The molecule has 0 bridgehead atoms. The van der Waals surface area contributed by atoms with Gasteiger partial charge in [-0.05, 0) is 38.0 Å². The van der Waals surface area contributed by atoms with Crippen molar-refractivity contribution in [1.29, 1.82) is 0 Å². The first-order chi connectivity index (χ1) is 8.97. The third-order valence-corrected chi connectivity index (χ3v) is 3.28. The fourth-order valence-electron chi connectivity index (χ4n) is 1.66. The second-order valence-corrected chi connectivity index (χ2v) is 5.54. The van der Waals surface area contributed by atoms with E-state index in [2.05, 4.69) is 5.32 Å². The van der Waals surface area contributed by atoms with Gasteiger partial charge in [0.15, 0.2) is 5.75 Å². The maximum atomic E-state index is 9.12. The summed E-state index contributed by atoms with van der Waals surface area (Å²) in [5.74, 6) is 0.524. The molecule has 3 nitrogen and oxygen atoms in total. The Bertz CT molecular complexity index is 383. The lowest BCUT2D eigenvalue weighted by molar-refractivity contribution is 0.238. The van der Waals surface area contributed by atoms with Crippen molar-refractivity contribution < 1.29 is 9.84 Å². The van der Waals surface area contributed by atoms with E-state index in [4.69, 9.17) is 33.0 Å². The highest BCUT2D eigenvalue weighted by molar-refractivity contribution is 6.37. The van der Waals surface area contributed by atoms with Crippen LogP contribution >= 0.6 is 23.2 Å². The van der Waals surface area contributed by atoms with E-state index in [1.807, 2.05) is 32.9 Å². The van der Waals surface area contributed by atoms with Crippen LogP contribution in [0.4, 0.5) is 0 Å². The molecule has 0 heterocycles. The SMILES string of the molecule is CCC(CO)NCc1cc(Cl)c(OC(C)C)c(Cl)c1. The Hall–Kier alpha value is -0.480. The molecule has 0 amide bonds. The molecule has 0 aliphatic carbocycles. The molecule has 0 saturated carbocycles. The Labute approximate surface area is 124 Å². The molecule has 0 aromatic heterocycles. The minimum atomic E-state index is 0.0258. The first-order valence-electron chi connectivity index (χ1n) is 6.46. The third-order valence-electron chi connectivity index (χ3n) is 2.72. The van der Waals surface area contributed by atoms with E-state index in [-0.39, 0.29) is 18.8 Å². The molecule has 19 heavy (non-hydrogen) atoms. The lowest BCUT2D eigenvalue weighted by Crippen LogP contribution is -2.31. The molecule has 1 rings (SSSR count). The normalized spacial score (nSPS) is 12.8. The summed E-state index contributed by atoms with van der Waals surface area (Å²) < 4.78 is 5.57. The van der Waals surface area contributed by atoms with Crippen molar-refractivity contribution in [3.8, 4) is 5.75 Å². The number of rotatable bonds is 7. The lowest BCUT2D eigenvalue weighted by atomic mass is 10.2. The fourth-order valence-corrected chi connectivity index (χ4v) is 2.28. The number of halogens is 2. The van der Waals surface area contributed by atoms with Gasteiger partial charge in [-0.3, -0.25) is 0 Å². The summed E-state index contributed by atoms with van der Waals surface area (Å²) in [7, 11) is 0. The van der Waals surface area contributed by atoms with E-state index in [9.17, 15) is 0 Å². The zero-order chi connectivity index (χ0) is 14.4. The van der Waals surface area contributed by atoms with Gasteiger partial charge in [-0.1, -0.05) is 30.1 Å². The summed E-state index contributed by atoms with van der Waals surface area (Å²) in [5.41, 5.74) is 0.970. The van der Waals surface area contributed by atoms with Crippen LogP contribution in [0.15, 0.2) is 12.1 Å². The Kier molecular flexibility index (Phi) is 6.94. The number of aliphatic hydroxyl groups is 1. The second kappa shape index (κ2) is 7.95.